The third-order valence-electron chi connectivity index (χ3n) is 4.02. The van der Waals surface area contributed by atoms with Crippen molar-refractivity contribution >= 4 is 21.6 Å². The van der Waals surface area contributed by atoms with Crippen molar-refractivity contribution in [3.05, 3.63) is 54.1 Å². The van der Waals surface area contributed by atoms with Crippen LogP contribution in [0.4, 0.5) is 5.69 Å². The first-order valence-electron chi connectivity index (χ1n) is 8.99. The number of ether oxygens (including phenoxy) is 1. The summed E-state index contributed by atoms with van der Waals surface area (Å²) in [5.74, 6) is 0.255. The maximum Gasteiger partial charge on any atom is 0.262 e. The molecule has 0 saturated heterocycles. The Morgan fingerprint density at radius 3 is 2.56 bits per heavy atom. The van der Waals surface area contributed by atoms with Gasteiger partial charge in [-0.2, -0.15) is 0 Å². The van der Waals surface area contributed by atoms with Crippen molar-refractivity contribution in [2.45, 2.75) is 31.6 Å². The van der Waals surface area contributed by atoms with Crippen LogP contribution in [0.2, 0.25) is 0 Å². The van der Waals surface area contributed by atoms with Gasteiger partial charge in [0.25, 0.3) is 15.9 Å². The van der Waals surface area contributed by atoms with E-state index in [-0.39, 0.29) is 10.8 Å². The van der Waals surface area contributed by atoms with Gasteiger partial charge in [0.15, 0.2) is 0 Å². The predicted molar refractivity (Wildman–Crippen MR) is 107 cm³/mol. The number of anilines is 1. The molecule has 0 aliphatic carbocycles. The Morgan fingerprint density at radius 1 is 1.11 bits per heavy atom. The zero-order valence-electron chi connectivity index (χ0n) is 15.9. The molecule has 1 amide bonds. The van der Waals surface area contributed by atoms with Gasteiger partial charge in [0.05, 0.1) is 17.2 Å². The first-order chi connectivity index (χ1) is 12.9. The fraction of sp³-hybridized carbons (Fsp3) is 0.350. The fourth-order valence-electron chi connectivity index (χ4n) is 2.55. The lowest BCUT2D eigenvalue weighted by Gasteiger charge is -2.17. The summed E-state index contributed by atoms with van der Waals surface area (Å²) in [7, 11) is -2.14. The van der Waals surface area contributed by atoms with Crippen LogP contribution >= 0.6 is 0 Å². The predicted octanol–water partition coefficient (Wildman–Crippen LogP) is 3.76. The van der Waals surface area contributed by atoms with E-state index in [2.05, 4.69) is 11.6 Å². The Morgan fingerprint density at radius 2 is 1.85 bits per heavy atom. The highest BCUT2D eigenvalue weighted by Gasteiger charge is 2.19. The molecular weight excluding hydrogens is 364 g/mol. The highest BCUT2D eigenvalue weighted by molar-refractivity contribution is 7.92. The summed E-state index contributed by atoms with van der Waals surface area (Å²) in [4.78, 5) is 14.2. The maximum absolute atomic E-state index is 12.8. The van der Waals surface area contributed by atoms with Crippen LogP contribution in [0.1, 0.15) is 37.0 Å². The monoisotopic (exact) mass is 390 g/mol. The molecule has 146 valence electrons. The maximum atomic E-state index is 12.8. The molecule has 0 aliphatic rings. The molecule has 0 radical (unpaired) electrons. The van der Waals surface area contributed by atoms with Crippen LogP contribution in [-0.2, 0) is 10.0 Å². The van der Waals surface area contributed by atoms with Gasteiger partial charge in [-0.1, -0.05) is 31.5 Å². The van der Waals surface area contributed by atoms with Gasteiger partial charge in [-0.15, -0.1) is 0 Å². The zero-order chi connectivity index (χ0) is 19.9. The van der Waals surface area contributed by atoms with E-state index in [1.54, 1.807) is 48.3 Å². The SMILES string of the molecule is CCCCN(C)C(=O)c1cccc(S(=O)(=O)Nc2ccccc2OCC)c1. The molecule has 0 atom stereocenters. The van der Waals surface area contributed by atoms with Gasteiger partial charge in [-0.05, 0) is 43.7 Å². The Bertz CT molecular complexity index is 881. The summed E-state index contributed by atoms with van der Waals surface area (Å²) in [5.41, 5.74) is 0.700. The summed E-state index contributed by atoms with van der Waals surface area (Å²) < 4.78 is 33.6. The molecule has 0 fully saturated rings. The van der Waals surface area contributed by atoms with Crippen molar-refractivity contribution in [2.24, 2.45) is 0 Å². The standard InChI is InChI=1S/C20H26N2O4S/c1-4-6-14-22(3)20(23)16-10-9-11-17(15-16)27(24,25)21-18-12-7-8-13-19(18)26-5-2/h7-13,15,21H,4-6,14H2,1-3H3. The van der Waals surface area contributed by atoms with Crippen LogP contribution in [0, 0.1) is 0 Å². The smallest absolute Gasteiger partial charge is 0.262 e. The quantitative estimate of drug-likeness (QED) is 0.707. The van der Waals surface area contributed by atoms with E-state index < -0.39 is 10.0 Å². The first kappa shape index (κ1) is 20.8. The van der Waals surface area contributed by atoms with Crippen LogP contribution < -0.4 is 9.46 Å². The highest BCUT2D eigenvalue weighted by Crippen LogP contribution is 2.27. The lowest BCUT2D eigenvalue weighted by Crippen LogP contribution is -2.28. The molecule has 0 bridgehead atoms. The molecule has 1 N–H and O–H groups in total. The largest absolute Gasteiger partial charge is 0.492 e. The second kappa shape index (κ2) is 9.41. The number of sulfonamides is 1. The summed E-state index contributed by atoms with van der Waals surface area (Å²) in [6.45, 7) is 4.94. The molecule has 2 aromatic rings. The Kier molecular flexibility index (Phi) is 7.24. The van der Waals surface area contributed by atoms with Crippen molar-refractivity contribution in [1.29, 1.82) is 0 Å². The first-order valence-corrected chi connectivity index (χ1v) is 10.5. The lowest BCUT2D eigenvalue weighted by molar-refractivity contribution is 0.0793. The highest BCUT2D eigenvalue weighted by atomic mass is 32.2. The second-order valence-corrected chi connectivity index (χ2v) is 7.83. The molecule has 2 aromatic carbocycles. The van der Waals surface area contributed by atoms with Gasteiger partial charge in [-0.3, -0.25) is 9.52 Å². The van der Waals surface area contributed by atoms with E-state index in [4.69, 9.17) is 4.74 Å². The van der Waals surface area contributed by atoms with Crippen molar-refractivity contribution in [2.75, 3.05) is 24.9 Å². The fourth-order valence-corrected chi connectivity index (χ4v) is 3.67. The van der Waals surface area contributed by atoms with Gasteiger partial charge in [0, 0.05) is 19.2 Å². The van der Waals surface area contributed by atoms with E-state index >= 15 is 0 Å². The Labute approximate surface area is 161 Å². The Balaban J connectivity index is 2.26. The number of nitrogens with zero attached hydrogens (tertiary/aromatic N) is 1. The number of amides is 1. The number of unbranched alkanes of at least 4 members (excludes halogenated alkanes) is 1. The average Bonchev–Trinajstić information content (AvgIpc) is 2.67. The van der Waals surface area contributed by atoms with Crippen LogP contribution in [0.25, 0.3) is 0 Å². The molecule has 0 heterocycles. The minimum absolute atomic E-state index is 0.0311. The molecule has 0 spiro atoms. The molecule has 0 aliphatic heterocycles. The second-order valence-electron chi connectivity index (χ2n) is 6.14. The summed E-state index contributed by atoms with van der Waals surface area (Å²) in [6.07, 6.45) is 1.88. The Hall–Kier alpha value is -2.54. The van der Waals surface area contributed by atoms with Gasteiger partial charge < -0.3 is 9.64 Å². The van der Waals surface area contributed by atoms with Gasteiger partial charge in [-0.25, -0.2) is 8.42 Å². The van der Waals surface area contributed by atoms with E-state index in [0.717, 1.165) is 12.8 Å². The molecule has 6 nitrogen and oxygen atoms in total. The average molecular weight is 391 g/mol. The topological polar surface area (TPSA) is 75.7 Å². The molecular formula is C20H26N2O4S. The van der Waals surface area contributed by atoms with E-state index in [0.29, 0.717) is 30.2 Å². The minimum Gasteiger partial charge on any atom is -0.492 e. The number of nitrogens with one attached hydrogen (secondary N) is 1. The van der Waals surface area contributed by atoms with Crippen molar-refractivity contribution < 1.29 is 17.9 Å². The van der Waals surface area contributed by atoms with Gasteiger partial charge in [0.2, 0.25) is 0 Å². The number of hydrogen-bond acceptors (Lipinski definition) is 4. The van der Waals surface area contributed by atoms with Crippen LogP contribution in [0.3, 0.4) is 0 Å². The number of para-hydroxylation sites is 2. The number of rotatable bonds is 9. The minimum atomic E-state index is -3.85. The summed E-state index contributed by atoms with van der Waals surface area (Å²) in [5, 5.41) is 0. The van der Waals surface area contributed by atoms with Gasteiger partial charge in [0.1, 0.15) is 5.75 Å². The number of carbonyl (C=O) groups excluding carboxylic acids is 1. The zero-order valence-corrected chi connectivity index (χ0v) is 16.8. The summed E-state index contributed by atoms with van der Waals surface area (Å²) >= 11 is 0. The lowest BCUT2D eigenvalue weighted by atomic mass is 10.2. The van der Waals surface area contributed by atoms with Crippen molar-refractivity contribution in [1.82, 2.24) is 4.90 Å². The van der Waals surface area contributed by atoms with Crippen LogP contribution in [-0.4, -0.2) is 39.4 Å². The molecule has 27 heavy (non-hydrogen) atoms. The van der Waals surface area contributed by atoms with Crippen molar-refractivity contribution in [3.63, 3.8) is 0 Å². The molecule has 0 unspecified atom stereocenters. The van der Waals surface area contributed by atoms with Crippen LogP contribution in [0.5, 0.6) is 5.75 Å². The molecule has 2 rings (SSSR count). The molecule has 7 heteroatoms. The van der Waals surface area contributed by atoms with Crippen molar-refractivity contribution in [3.8, 4) is 5.75 Å². The molecule has 0 saturated carbocycles. The number of hydrogen-bond donors (Lipinski definition) is 1. The van der Waals surface area contributed by atoms with E-state index in [1.807, 2.05) is 6.92 Å². The number of benzene rings is 2. The summed E-state index contributed by atoms with van der Waals surface area (Å²) in [6, 6.07) is 12.9. The third kappa shape index (κ3) is 5.47. The van der Waals surface area contributed by atoms with Gasteiger partial charge >= 0.3 is 0 Å². The third-order valence-corrected chi connectivity index (χ3v) is 5.38. The normalized spacial score (nSPS) is 11.1. The van der Waals surface area contributed by atoms with E-state index in [9.17, 15) is 13.2 Å². The van der Waals surface area contributed by atoms with Crippen LogP contribution in [0.15, 0.2) is 53.4 Å². The number of carbonyl (C=O) groups is 1. The van der Waals surface area contributed by atoms with E-state index in [1.165, 1.54) is 12.1 Å². The molecule has 0 aromatic heterocycles.